The smallest absolute Gasteiger partial charge is 0.335 e. The Morgan fingerprint density at radius 2 is 1.14 bits per heavy atom. The highest BCUT2D eigenvalue weighted by Gasteiger charge is 2.58. The number of benzene rings is 3. The molecular formula is C45H46O28. The number of phenolic OH excluding ortho intramolecular Hbond substituents is 3. The molecule has 0 radical (unpaired) electrons. The molecule has 3 saturated heterocycles. The first kappa shape index (κ1) is 53.4. The van der Waals surface area contributed by atoms with Gasteiger partial charge in [-0.25, -0.2) is 19.2 Å². The number of esters is 1. The maximum atomic E-state index is 13.6. The zero-order valence-corrected chi connectivity index (χ0v) is 37.8. The molecule has 3 aliphatic heterocycles. The number of aliphatic hydroxyl groups is 6. The van der Waals surface area contributed by atoms with Gasteiger partial charge < -0.3 is 113 Å². The second-order valence-corrected chi connectivity index (χ2v) is 16.2. The zero-order chi connectivity index (χ0) is 53.3. The van der Waals surface area contributed by atoms with Crippen molar-refractivity contribution in [2.45, 2.75) is 92.1 Å². The number of aliphatic hydroxyl groups excluding tert-OH is 6. The average molecular weight is 1030 g/mol. The summed E-state index contributed by atoms with van der Waals surface area (Å²) in [5, 5.41) is 127. The fraction of sp³-hybridized carbons (Fsp3) is 0.400. The Bertz CT molecular complexity index is 2780. The van der Waals surface area contributed by atoms with Crippen LogP contribution in [0.4, 0.5) is 0 Å². The van der Waals surface area contributed by atoms with E-state index < -0.39 is 150 Å². The number of aliphatic carboxylic acids is 3. The Morgan fingerprint density at radius 1 is 0.575 bits per heavy atom. The van der Waals surface area contributed by atoms with Crippen molar-refractivity contribution in [3.63, 3.8) is 0 Å². The van der Waals surface area contributed by atoms with Gasteiger partial charge in [0, 0.05) is 29.8 Å². The quantitative estimate of drug-likeness (QED) is 0.0425. The minimum atomic E-state index is -2.51. The molecule has 28 heteroatoms. The van der Waals surface area contributed by atoms with Crippen LogP contribution >= 0.6 is 0 Å². The van der Waals surface area contributed by atoms with Crippen molar-refractivity contribution in [2.75, 3.05) is 21.3 Å². The normalized spacial score (nSPS) is 30.3. The van der Waals surface area contributed by atoms with Gasteiger partial charge in [0.25, 0.3) is 0 Å². The molecule has 15 atom stereocenters. The molecule has 7 rings (SSSR count). The van der Waals surface area contributed by atoms with E-state index in [4.69, 9.17) is 51.8 Å². The molecule has 4 heterocycles. The fourth-order valence-electron chi connectivity index (χ4n) is 7.93. The number of fused-ring (bicyclic) bond motifs is 1. The van der Waals surface area contributed by atoms with Gasteiger partial charge >= 0.3 is 23.9 Å². The van der Waals surface area contributed by atoms with Crippen LogP contribution in [0.25, 0.3) is 28.4 Å². The number of carbonyl (C=O) groups is 4. The fourth-order valence-corrected chi connectivity index (χ4v) is 7.93. The van der Waals surface area contributed by atoms with E-state index in [9.17, 15) is 85.3 Å². The number of phenols is 3. The molecule has 12 N–H and O–H groups in total. The van der Waals surface area contributed by atoms with Crippen molar-refractivity contribution >= 4 is 40.9 Å². The first-order valence-electron chi connectivity index (χ1n) is 21.3. The molecule has 3 aromatic carbocycles. The third-order valence-electron chi connectivity index (χ3n) is 11.6. The molecule has 0 unspecified atom stereocenters. The summed E-state index contributed by atoms with van der Waals surface area (Å²) in [7, 11) is 3.72. The first-order valence-corrected chi connectivity index (χ1v) is 21.3. The highest BCUT2D eigenvalue weighted by molar-refractivity contribution is 5.88. The number of aromatic hydroxyl groups is 3. The van der Waals surface area contributed by atoms with Gasteiger partial charge in [-0.15, -0.1) is 0 Å². The number of carboxylic acid groups (broad SMARTS) is 3. The molecule has 0 bridgehead atoms. The third-order valence-corrected chi connectivity index (χ3v) is 11.6. The predicted molar refractivity (Wildman–Crippen MR) is 233 cm³/mol. The average Bonchev–Trinajstić information content (AvgIpc) is 3.34. The maximum absolute atomic E-state index is 13.6. The van der Waals surface area contributed by atoms with E-state index in [0.29, 0.717) is 0 Å². The lowest BCUT2D eigenvalue weighted by molar-refractivity contribution is -0.373. The van der Waals surface area contributed by atoms with Crippen molar-refractivity contribution in [1.29, 1.82) is 0 Å². The van der Waals surface area contributed by atoms with Crippen LogP contribution in [0.3, 0.4) is 0 Å². The molecule has 73 heavy (non-hydrogen) atoms. The molecule has 0 amide bonds. The van der Waals surface area contributed by atoms with E-state index in [2.05, 4.69) is 0 Å². The van der Waals surface area contributed by atoms with Gasteiger partial charge in [0.15, 0.2) is 71.5 Å². The Kier molecular flexibility index (Phi) is 16.0. The van der Waals surface area contributed by atoms with Gasteiger partial charge in [0.05, 0.1) is 21.3 Å². The number of rotatable bonds is 16. The van der Waals surface area contributed by atoms with E-state index >= 15 is 0 Å². The summed E-state index contributed by atoms with van der Waals surface area (Å²) in [6, 6.07) is 9.20. The van der Waals surface area contributed by atoms with Gasteiger partial charge in [0.1, 0.15) is 71.0 Å². The Labute approximate surface area is 408 Å². The third kappa shape index (κ3) is 10.9. The molecule has 4 aromatic rings. The number of methoxy groups -OCH3 is 3. The van der Waals surface area contributed by atoms with E-state index in [-0.39, 0.29) is 39.9 Å². The largest absolute Gasteiger partial charge is 0.507 e. The van der Waals surface area contributed by atoms with Gasteiger partial charge in [-0.3, -0.25) is 4.79 Å². The standard InChI is InChI=1S/C45H46O28/c1-63-21-8-14(4-6-17(21)46)5-7-25(49)68-39-34(69-43-32(55)28(51)29(52)35(70-43)40(57)58)33(56)37(42(61)62)72-45(39)73-38-31(54)30(53)36(41(59)60)71-44(38)66-16-11-18(47)26-19(48)13-20(67-22(26)12-16)15-9-23(64-2)27(50)24(10-15)65-3/h4-13,28-39,43-47,50-56H,1-3H3,(H,57,58)(H,59,60)(H,61,62)/t28-,29-,30-,31-,32+,33-,34-,35-,36-,37-,38+,39+,43+,44+,45-/m0/s1. The second-order valence-electron chi connectivity index (χ2n) is 16.2. The van der Waals surface area contributed by atoms with Crippen LogP contribution in [-0.2, 0) is 47.6 Å². The highest BCUT2D eigenvalue weighted by Crippen LogP contribution is 2.42. The molecule has 0 aliphatic carbocycles. The summed E-state index contributed by atoms with van der Waals surface area (Å²) >= 11 is 0. The molecule has 0 saturated carbocycles. The minimum Gasteiger partial charge on any atom is -0.507 e. The number of carboxylic acids is 3. The Morgan fingerprint density at radius 3 is 1.74 bits per heavy atom. The van der Waals surface area contributed by atoms with Crippen LogP contribution in [0.15, 0.2) is 63.8 Å². The summed E-state index contributed by atoms with van der Waals surface area (Å²) in [4.78, 5) is 63.9. The number of hydrogen-bond acceptors (Lipinski definition) is 25. The lowest BCUT2D eigenvalue weighted by Gasteiger charge is -2.47. The monoisotopic (exact) mass is 1030 g/mol. The van der Waals surface area contributed by atoms with E-state index in [0.717, 1.165) is 30.4 Å². The van der Waals surface area contributed by atoms with Crippen molar-refractivity contribution < 1.29 is 132 Å². The van der Waals surface area contributed by atoms with Crippen molar-refractivity contribution in [1.82, 2.24) is 0 Å². The summed E-state index contributed by atoms with van der Waals surface area (Å²) < 4.78 is 60.7. The van der Waals surface area contributed by atoms with E-state index in [1.807, 2.05) is 0 Å². The predicted octanol–water partition coefficient (Wildman–Crippen LogP) is -2.03. The van der Waals surface area contributed by atoms with Crippen molar-refractivity contribution in [2.24, 2.45) is 0 Å². The SMILES string of the molecule is COc1cc(C=CC(=O)O[C@H]2[C@H](O[C@H]3[C@H](Oc4cc(O)c5c(=O)cc(-c6cc(OC)c(O)c(OC)c6)oc5c4)O[C@H](C(=O)O)[C@@H](O)[C@@H]3O)O[C@H](C(=O)O)[C@@H](O)[C@@H]2O[C@@H]2O[C@H](C(=O)O)[C@@H](O)[C@H](O)[C@H]2O)ccc1O. The van der Waals surface area contributed by atoms with Gasteiger partial charge in [0.2, 0.25) is 12.0 Å². The topological polar surface area (TPSA) is 434 Å². The van der Waals surface area contributed by atoms with Gasteiger partial charge in [-0.05, 0) is 35.9 Å². The molecular weight excluding hydrogens is 988 g/mol. The lowest BCUT2D eigenvalue weighted by atomic mass is 9.95. The number of ether oxygens (including phenoxy) is 10. The molecule has 3 aliphatic rings. The summed E-state index contributed by atoms with van der Waals surface area (Å²) in [5.41, 5.74) is -0.889. The summed E-state index contributed by atoms with van der Waals surface area (Å²) in [5.74, 6) is -9.53. The number of carbonyl (C=O) groups excluding carboxylic acids is 1. The number of hydrogen-bond donors (Lipinski definition) is 12. The zero-order valence-electron chi connectivity index (χ0n) is 37.8. The maximum Gasteiger partial charge on any atom is 0.335 e. The Balaban J connectivity index is 1.29. The highest BCUT2D eigenvalue weighted by atomic mass is 16.8. The van der Waals surface area contributed by atoms with Crippen molar-refractivity contribution in [3.05, 3.63) is 70.4 Å². The summed E-state index contributed by atoms with van der Waals surface area (Å²) in [6.07, 6.45) is -33.8. The van der Waals surface area contributed by atoms with Crippen LogP contribution in [-0.4, -0.2) is 199 Å². The molecule has 0 spiro atoms. The lowest BCUT2D eigenvalue weighted by Crippen LogP contribution is -2.68. The van der Waals surface area contributed by atoms with Gasteiger partial charge in [-0.2, -0.15) is 0 Å². The van der Waals surface area contributed by atoms with Crippen LogP contribution in [0, 0.1) is 0 Å². The minimum absolute atomic E-state index is 0.0271. The van der Waals surface area contributed by atoms with Crippen molar-refractivity contribution in [3.8, 4) is 51.6 Å². The van der Waals surface area contributed by atoms with Gasteiger partial charge in [-0.1, -0.05) is 6.07 Å². The van der Waals surface area contributed by atoms with Crippen LogP contribution in [0.2, 0.25) is 0 Å². The first-order chi connectivity index (χ1) is 34.6. The van der Waals surface area contributed by atoms with Crippen LogP contribution < -0.4 is 24.4 Å². The molecule has 3 fully saturated rings. The van der Waals surface area contributed by atoms with E-state index in [1.54, 1.807) is 0 Å². The molecule has 394 valence electrons. The van der Waals surface area contributed by atoms with Crippen LogP contribution in [0.5, 0.6) is 40.2 Å². The molecule has 28 nitrogen and oxygen atoms in total. The summed E-state index contributed by atoms with van der Waals surface area (Å²) in [6.45, 7) is 0. The van der Waals surface area contributed by atoms with Crippen LogP contribution in [0.1, 0.15) is 5.56 Å². The van der Waals surface area contributed by atoms with E-state index in [1.165, 1.54) is 51.7 Å². The molecule has 1 aromatic heterocycles. The Hall–Kier alpha value is -7.35. The second kappa shape index (κ2) is 21.8.